The molecule has 1 fully saturated rings. The quantitative estimate of drug-likeness (QED) is 0.586. The minimum Gasteiger partial charge on any atom is -0.458 e. The van der Waals surface area contributed by atoms with Crippen molar-refractivity contribution in [3.05, 3.63) is 53.4 Å². The van der Waals surface area contributed by atoms with Crippen LogP contribution in [0.2, 0.25) is 0 Å². The van der Waals surface area contributed by atoms with Gasteiger partial charge in [0.05, 0.1) is 5.56 Å². The molecule has 0 unspecified atom stereocenters. The van der Waals surface area contributed by atoms with Crippen molar-refractivity contribution < 1.29 is 9.53 Å². The summed E-state index contributed by atoms with van der Waals surface area (Å²) < 4.78 is 5.88. The number of carbonyl (C=O) groups excluding carboxylic acids is 1. The van der Waals surface area contributed by atoms with E-state index in [2.05, 4.69) is 32.3 Å². The Labute approximate surface area is 138 Å². The van der Waals surface area contributed by atoms with E-state index in [1.165, 1.54) is 29.6 Å². The van der Waals surface area contributed by atoms with Crippen LogP contribution >= 0.6 is 0 Å². The molecule has 0 bridgehead atoms. The molecule has 2 aliphatic rings. The third-order valence-electron chi connectivity index (χ3n) is 5.38. The molecule has 2 atom stereocenters. The Balaban J connectivity index is 1.83. The van der Waals surface area contributed by atoms with Gasteiger partial charge in [0.15, 0.2) is 0 Å². The van der Waals surface area contributed by atoms with Crippen LogP contribution in [0.1, 0.15) is 56.8 Å². The largest absolute Gasteiger partial charge is 0.458 e. The van der Waals surface area contributed by atoms with E-state index in [1.54, 1.807) is 24.5 Å². The van der Waals surface area contributed by atoms with Crippen LogP contribution in [0.4, 0.5) is 0 Å². The fraction of sp³-hybridized carbons (Fsp3) is 0.500. The monoisotopic (exact) mass is 311 g/mol. The summed E-state index contributed by atoms with van der Waals surface area (Å²) in [7, 11) is 0. The molecule has 3 rings (SSSR count). The number of esters is 1. The van der Waals surface area contributed by atoms with E-state index >= 15 is 0 Å². The summed E-state index contributed by atoms with van der Waals surface area (Å²) in [5.41, 5.74) is 4.67. The maximum atomic E-state index is 12.4. The fourth-order valence-corrected chi connectivity index (χ4v) is 3.86. The zero-order valence-corrected chi connectivity index (χ0v) is 14.3. The zero-order chi connectivity index (χ0) is 16.6. The minimum absolute atomic E-state index is 0.0868. The standard InChI is InChI=1S/C20H25NO2/c1-13-7-8-16-14(2)10-18(20(3,4)11-17(13)16)23-19(22)15-6-5-9-21-12-15/h5-6,9,12,16,18H,2,7-8,10-11H2,1,3-4H3/t16-,18+/m1/s1. The van der Waals surface area contributed by atoms with Gasteiger partial charge in [0.1, 0.15) is 6.10 Å². The molecule has 2 aliphatic carbocycles. The molecular weight excluding hydrogens is 286 g/mol. The van der Waals surface area contributed by atoms with Gasteiger partial charge in [-0.2, -0.15) is 0 Å². The first-order valence-electron chi connectivity index (χ1n) is 8.35. The second-order valence-electron chi connectivity index (χ2n) is 7.56. The van der Waals surface area contributed by atoms with E-state index in [0.717, 1.165) is 12.8 Å². The first-order valence-corrected chi connectivity index (χ1v) is 8.35. The maximum absolute atomic E-state index is 12.4. The van der Waals surface area contributed by atoms with Gasteiger partial charge < -0.3 is 4.74 Å². The Morgan fingerprint density at radius 2 is 2.22 bits per heavy atom. The Bertz CT molecular complexity index is 657. The van der Waals surface area contributed by atoms with Crippen molar-refractivity contribution in [1.29, 1.82) is 0 Å². The lowest BCUT2D eigenvalue weighted by Crippen LogP contribution is -2.33. The highest BCUT2D eigenvalue weighted by Gasteiger charge is 2.41. The number of aromatic nitrogens is 1. The molecule has 0 aromatic carbocycles. The Kier molecular flexibility index (Phi) is 4.13. The Morgan fingerprint density at radius 3 is 2.91 bits per heavy atom. The van der Waals surface area contributed by atoms with Crippen LogP contribution in [0.25, 0.3) is 0 Å². The highest BCUT2D eigenvalue weighted by molar-refractivity contribution is 5.89. The number of fused-ring (bicyclic) bond motifs is 1. The van der Waals surface area contributed by atoms with Crippen LogP contribution in [0, 0.1) is 11.3 Å². The van der Waals surface area contributed by atoms with E-state index in [-0.39, 0.29) is 17.5 Å². The molecule has 1 aromatic heterocycles. The van der Waals surface area contributed by atoms with Gasteiger partial charge in [-0.15, -0.1) is 0 Å². The predicted octanol–water partition coefficient (Wildman–Crippen LogP) is 4.71. The smallest absolute Gasteiger partial charge is 0.340 e. The van der Waals surface area contributed by atoms with Crippen LogP contribution in [0.5, 0.6) is 0 Å². The molecule has 0 N–H and O–H groups in total. The number of pyridine rings is 1. The van der Waals surface area contributed by atoms with Crippen LogP contribution in [-0.4, -0.2) is 17.1 Å². The van der Waals surface area contributed by atoms with Crippen molar-refractivity contribution in [3.63, 3.8) is 0 Å². The van der Waals surface area contributed by atoms with Crippen LogP contribution in [0.3, 0.4) is 0 Å². The van der Waals surface area contributed by atoms with E-state index in [0.29, 0.717) is 11.5 Å². The number of nitrogens with zero attached hydrogens (tertiary/aromatic N) is 1. The van der Waals surface area contributed by atoms with Crippen molar-refractivity contribution >= 4 is 5.97 Å². The van der Waals surface area contributed by atoms with Crippen molar-refractivity contribution in [2.75, 3.05) is 0 Å². The highest BCUT2D eigenvalue weighted by Crippen LogP contribution is 2.49. The molecule has 1 heterocycles. The lowest BCUT2D eigenvalue weighted by atomic mass is 9.80. The number of ether oxygens (including phenoxy) is 1. The number of hydrogen-bond acceptors (Lipinski definition) is 3. The number of carbonyl (C=O) groups is 1. The van der Waals surface area contributed by atoms with Crippen molar-refractivity contribution in [1.82, 2.24) is 4.98 Å². The molecule has 23 heavy (non-hydrogen) atoms. The molecule has 3 heteroatoms. The molecule has 1 saturated carbocycles. The third kappa shape index (κ3) is 3.10. The van der Waals surface area contributed by atoms with Crippen LogP contribution in [-0.2, 0) is 4.74 Å². The summed E-state index contributed by atoms with van der Waals surface area (Å²) in [6.07, 6.45) is 7.14. The second-order valence-corrected chi connectivity index (χ2v) is 7.56. The van der Waals surface area contributed by atoms with Crippen molar-refractivity contribution in [2.24, 2.45) is 11.3 Å². The molecule has 122 valence electrons. The SMILES string of the molecule is C=C1C[C@H](OC(=O)c2cccnc2)C(C)(C)CC2=C(C)CC[C@H]12. The lowest BCUT2D eigenvalue weighted by molar-refractivity contribution is -0.00590. The second kappa shape index (κ2) is 5.95. The topological polar surface area (TPSA) is 39.2 Å². The van der Waals surface area contributed by atoms with Crippen LogP contribution in [0.15, 0.2) is 47.8 Å². The average molecular weight is 311 g/mol. The molecule has 0 amide bonds. The van der Waals surface area contributed by atoms with E-state index in [9.17, 15) is 4.79 Å². The first-order chi connectivity index (χ1) is 10.9. The van der Waals surface area contributed by atoms with Gasteiger partial charge in [-0.3, -0.25) is 4.98 Å². The van der Waals surface area contributed by atoms with Gasteiger partial charge in [-0.1, -0.05) is 37.1 Å². The average Bonchev–Trinajstić information content (AvgIpc) is 2.83. The number of hydrogen-bond donors (Lipinski definition) is 0. The molecular formula is C20H25NO2. The summed E-state index contributed by atoms with van der Waals surface area (Å²) in [5, 5.41) is 0. The summed E-state index contributed by atoms with van der Waals surface area (Å²) in [4.78, 5) is 16.4. The molecule has 0 aliphatic heterocycles. The van der Waals surface area contributed by atoms with Crippen molar-refractivity contribution in [3.8, 4) is 0 Å². The fourth-order valence-electron chi connectivity index (χ4n) is 3.86. The van der Waals surface area contributed by atoms with Crippen LogP contribution < -0.4 is 0 Å². The number of rotatable bonds is 2. The predicted molar refractivity (Wildman–Crippen MR) is 91.0 cm³/mol. The molecule has 0 spiro atoms. The first kappa shape index (κ1) is 16.0. The van der Waals surface area contributed by atoms with Crippen molar-refractivity contribution in [2.45, 2.75) is 52.6 Å². The van der Waals surface area contributed by atoms with Gasteiger partial charge >= 0.3 is 5.97 Å². The van der Waals surface area contributed by atoms with Gasteiger partial charge in [0.2, 0.25) is 0 Å². The normalized spacial score (nSPS) is 26.7. The van der Waals surface area contributed by atoms with Gasteiger partial charge in [0, 0.05) is 30.1 Å². The minimum atomic E-state index is -0.290. The molecule has 3 nitrogen and oxygen atoms in total. The highest BCUT2D eigenvalue weighted by atomic mass is 16.5. The number of allylic oxidation sites excluding steroid dienone is 2. The molecule has 1 aromatic rings. The molecule has 0 radical (unpaired) electrons. The summed E-state index contributed by atoms with van der Waals surface area (Å²) in [6, 6.07) is 3.50. The summed E-state index contributed by atoms with van der Waals surface area (Å²) >= 11 is 0. The van der Waals surface area contributed by atoms with Gasteiger partial charge in [0.25, 0.3) is 0 Å². The lowest BCUT2D eigenvalue weighted by Gasteiger charge is -2.32. The Morgan fingerprint density at radius 1 is 1.43 bits per heavy atom. The maximum Gasteiger partial charge on any atom is 0.340 e. The van der Waals surface area contributed by atoms with E-state index < -0.39 is 0 Å². The van der Waals surface area contributed by atoms with E-state index in [4.69, 9.17) is 4.74 Å². The molecule has 0 saturated heterocycles. The summed E-state index contributed by atoms with van der Waals surface area (Å²) in [5.74, 6) is 0.193. The van der Waals surface area contributed by atoms with E-state index in [1.807, 2.05) is 0 Å². The summed E-state index contributed by atoms with van der Waals surface area (Å²) in [6.45, 7) is 10.9. The zero-order valence-electron chi connectivity index (χ0n) is 14.3. The van der Waals surface area contributed by atoms with Gasteiger partial charge in [-0.25, -0.2) is 4.79 Å². The Hall–Kier alpha value is -1.90. The third-order valence-corrected chi connectivity index (χ3v) is 5.38. The van der Waals surface area contributed by atoms with Gasteiger partial charge in [-0.05, 0) is 38.3 Å².